The average Bonchev–Trinajstić information content (AvgIpc) is 2.65. The van der Waals surface area contributed by atoms with Gasteiger partial charge in [0.15, 0.2) is 0 Å². The van der Waals surface area contributed by atoms with Crippen molar-refractivity contribution in [2.45, 2.75) is 52.0 Å². The molecule has 17 heavy (non-hydrogen) atoms. The quantitative estimate of drug-likeness (QED) is 0.868. The fourth-order valence-corrected chi connectivity index (χ4v) is 3.22. The Balaban J connectivity index is 2.41. The van der Waals surface area contributed by atoms with E-state index in [1.54, 1.807) is 0 Å². The molecule has 0 spiro atoms. The summed E-state index contributed by atoms with van der Waals surface area (Å²) in [7, 11) is 0. The topological polar surface area (TPSA) is 35.2 Å². The molecule has 2 nitrogen and oxygen atoms in total. The fourth-order valence-electron chi connectivity index (χ4n) is 3.22. The summed E-state index contributed by atoms with van der Waals surface area (Å²) in [6, 6.07) is 4.25. The number of nitrogens with two attached hydrogens (primary N) is 1. The van der Waals surface area contributed by atoms with E-state index in [1.807, 2.05) is 6.92 Å². The zero-order chi connectivity index (χ0) is 12.5. The Morgan fingerprint density at radius 1 is 1.18 bits per heavy atom. The third-order valence-electron chi connectivity index (χ3n) is 3.81. The molecule has 0 bridgehead atoms. The minimum Gasteiger partial charge on any atom is -0.494 e. The molecular formula is C15H23NO. The molecule has 0 aromatic heterocycles. The van der Waals surface area contributed by atoms with Crippen LogP contribution >= 0.6 is 0 Å². The summed E-state index contributed by atoms with van der Waals surface area (Å²) in [6.45, 7) is 7.03. The molecule has 2 rings (SSSR count). The van der Waals surface area contributed by atoms with Crippen molar-refractivity contribution in [1.82, 2.24) is 0 Å². The minimum atomic E-state index is -0.0983. The standard InChI is InChI=1S/C15H23NO/c1-4-17-13-9-11(2)14(12(3)10-13)15(16)7-5-6-8-15/h9-10H,4-8,16H2,1-3H3. The summed E-state index contributed by atoms with van der Waals surface area (Å²) in [4.78, 5) is 0. The van der Waals surface area contributed by atoms with Gasteiger partial charge in [0.1, 0.15) is 5.75 Å². The molecular weight excluding hydrogens is 210 g/mol. The second kappa shape index (κ2) is 4.69. The summed E-state index contributed by atoms with van der Waals surface area (Å²) in [5.41, 5.74) is 10.4. The summed E-state index contributed by atoms with van der Waals surface area (Å²) in [6.07, 6.45) is 4.73. The Kier molecular flexibility index (Phi) is 3.43. The number of benzene rings is 1. The van der Waals surface area contributed by atoms with E-state index < -0.39 is 0 Å². The van der Waals surface area contributed by atoms with Crippen LogP contribution in [0.5, 0.6) is 5.75 Å². The Bertz CT molecular complexity index is 382. The van der Waals surface area contributed by atoms with Gasteiger partial charge >= 0.3 is 0 Å². The van der Waals surface area contributed by atoms with E-state index in [9.17, 15) is 0 Å². The van der Waals surface area contributed by atoms with E-state index in [-0.39, 0.29) is 5.54 Å². The van der Waals surface area contributed by atoms with Crippen molar-refractivity contribution in [3.05, 3.63) is 28.8 Å². The largest absolute Gasteiger partial charge is 0.494 e. The van der Waals surface area contributed by atoms with Gasteiger partial charge in [-0.3, -0.25) is 0 Å². The summed E-state index contributed by atoms with van der Waals surface area (Å²) >= 11 is 0. The number of hydrogen-bond donors (Lipinski definition) is 1. The highest BCUT2D eigenvalue weighted by molar-refractivity contribution is 5.45. The molecule has 1 aliphatic rings. The van der Waals surface area contributed by atoms with E-state index in [2.05, 4.69) is 26.0 Å². The van der Waals surface area contributed by atoms with E-state index in [4.69, 9.17) is 10.5 Å². The van der Waals surface area contributed by atoms with Gasteiger partial charge in [-0.05, 0) is 62.4 Å². The maximum Gasteiger partial charge on any atom is 0.119 e. The van der Waals surface area contributed by atoms with E-state index >= 15 is 0 Å². The van der Waals surface area contributed by atoms with Gasteiger partial charge in [0.05, 0.1) is 6.61 Å². The first-order chi connectivity index (χ1) is 8.07. The number of aryl methyl sites for hydroxylation is 2. The van der Waals surface area contributed by atoms with Crippen molar-refractivity contribution in [2.24, 2.45) is 5.73 Å². The lowest BCUT2D eigenvalue weighted by atomic mass is 9.83. The normalized spacial score (nSPS) is 18.4. The number of hydrogen-bond acceptors (Lipinski definition) is 2. The maximum absolute atomic E-state index is 6.57. The Labute approximate surface area is 104 Å². The van der Waals surface area contributed by atoms with Crippen molar-refractivity contribution < 1.29 is 4.74 Å². The van der Waals surface area contributed by atoms with Crippen LogP contribution in [0.25, 0.3) is 0 Å². The third kappa shape index (κ3) is 2.32. The monoisotopic (exact) mass is 233 g/mol. The first kappa shape index (κ1) is 12.4. The Hall–Kier alpha value is -1.02. The van der Waals surface area contributed by atoms with Crippen LogP contribution in [0.2, 0.25) is 0 Å². The molecule has 1 aromatic rings. The van der Waals surface area contributed by atoms with Crippen molar-refractivity contribution in [3.8, 4) is 5.75 Å². The second-order valence-corrected chi connectivity index (χ2v) is 5.23. The smallest absolute Gasteiger partial charge is 0.119 e. The Morgan fingerprint density at radius 3 is 2.18 bits per heavy atom. The van der Waals surface area contributed by atoms with Gasteiger partial charge < -0.3 is 10.5 Å². The predicted octanol–water partition coefficient (Wildman–Crippen LogP) is 3.43. The van der Waals surface area contributed by atoms with E-state index in [1.165, 1.54) is 29.5 Å². The van der Waals surface area contributed by atoms with E-state index in [0.717, 1.165) is 18.6 Å². The van der Waals surface area contributed by atoms with Gasteiger partial charge in [-0.15, -0.1) is 0 Å². The van der Waals surface area contributed by atoms with Gasteiger partial charge in [-0.2, -0.15) is 0 Å². The van der Waals surface area contributed by atoms with Crippen LogP contribution in [0.4, 0.5) is 0 Å². The van der Waals surface area contributed by atoms with Crippen molar-refractivity contribution in [2.75, 3.05) is 6.61 Å². The molecule has 1 aromatic carbocycles. The molecule has 0 atom stereocenters. The molecule has 0 radical (unpaired) electrons. The Morgan fingerprint density at radius 2 is 1.71 bits per heavy atom. The lowest BCUT2D eigenvalue weighted by molar-refractivity contribution is 0.339. The van der Waals surface area contributed by atoms with Gasteiger partial charge in [0.25, 0.3) is 0 Å². The highest BCUT2D eigenvalue weighted by atomic mass is 16.5. The lowest BCUT2D eigenvalue weighted by Crippen LogP contribution is -2.34. The predicted molar refractivity (Wildman–Crippen MR) is 71.4 cm³/mol. The fraction of sp³-hybridized carbons (Fsp3) is 0.600. The molecule has 0 heterocycles. The molecule has 2 N–H and O–H groups in total. The molecule has 0 aliphatic heterocycles. The SMILES string of the molecule is CCOc1cc(C)c(C2(N)CCCC2)c(C)c1. The van der Waals surface area contributed by atoms with Crippen LogP contribution < -0.4 is 10.5 Å². The minimum absolute atomic E-state index is 0.0983. The van der Waals surface area contributed by atoms with Gasteiger partial charge in [0.2, 0.25) is 0 Å². The van der Waals surface area contributed by atoms with Crippen molar-refractivity contribution >= 4 is 0 Å². The molecule has 0 saturated heterocycles. The first-order valence-corrected chi connectivity index (χ1v) is 6.60. The maximum atomic E-state index is 6.57. The number of ether oxygens (including phenoxy) is 1. The second-order valence-electron chi connectivity index (χ2n) is 5.23. The highest BCUT2D eigenvalue weighted by Crippen LogP contribution is 2.40. The molecule has 0 unspecified atom stereocenters. The molecule has 94 valence electrons. The van der Waals surface area contributed by atoms with Gasteiger partial charge in [-0.25, -0.2) is 0 Å². The van der Waals surface area contributed by atoms with Crippen molar-refractivity contribution in [1.29, 1.82) is 0 Å². The highest BCUT2D eigenvalue weighted by Gasteiger charge is 2.33. The molecule has 1 aliphatic carbocycles. The molecule has 1 saturated carbocycles. The first-order valence-electron chi connectivity index (χ1n) is 6.60. The van der Waals surface area contributed by atoms with Crippen LogP contribution in [-0.2, 0) is 5.54 Å². The average molecular weight is 233 g/mol. The van der Waals surface area contributed by atoms with Crippen LogP contribution in [-0.4, -0.2) is 6.61 Å². The van der Waals surface area contributed by atoms with Gasteiger partial charge in [0, 0.05) is 5.54 Å². The lowest BCUT2D eigenvalue weighted by Gasteiger charge is -2.28. The van der Waals surface area contributed by atoms with Crippen LogP contribution in [0.1, 0.15) is 49.3 Å². The molecule has 2 heteroatoms. The van der Waals surface area contributed by atoms with E-state index in [0.29, 0.717) is 6.61 Å². The third-order valence-corrected chi connectivity index (χ3v) is 3.81. The molecule has 0 amide bonds. The summed E-state index contributed by atoms with van der Waals surface area (Å²) < 4.78 is 5.58. The van der Waals surface area contributed by atoms with Crippen LogP contribution in [0.15, 0.2) is 12.1 Å². The van der Waals surface area contributed by atoms with Crippen LogP contribution in [0, 0.1) is 13.8 Å². The summed E-state index contributed by atoms with van der Waals surface area (Å²) in [5.74, 6) is 0.966. The number of rotatable bonds is 3. The zero-order valence-corrected chi connectivity index (χ0v) is 11.2. The summed E-state index contributed by atoms with van der Waals surface area (Å²) in [5, 5.41) is 0. The van der Waals surface area contributed by atoms with Gasteiger partial charge in [-0.1, -0.05) is 12.8 Å². The van der Waals surface area contributed by atoms with Crippen molar-refractivity contribution in [3.63, 3.8) is 0 Å². The zero-order valence-electron chi connectivity index (χ0n) is 11.2. The van der Waals surface area contributed by atoms with Crippen LogP contribution in [0.3, 0.4) is 0 Å². The molecule has 1 fully saturated rings.